The number of benzene rings is 1. The lowest BCUT2D eigenvalue weighted by Crippen LogP contribution is -2.56. The summed E-state index contributed by atoms with van der Waals surface area (Å²) in [6, 6.07) is 5.69. The van der Waals surface area contributed by atoms with Gasteiger partial charge in [0.05, 0.1) is 0 Å². The molecule has 0 amide bonds. The number of hydrogen-bond acceptors (Lipinski definition) is 2. The van der Waals surface area contributed by atoms with Gasteiger partial charge in [-0.3, -0.25) is 4.90 Å². The van der Waals surface area contributed by atoms with Crippen LogP contribution in [0.5, 0.6) is 0 Å². The van der Waals surface area contributed by atoms with Crippen LogP contribution in [0.25, 0.3) is 0 Å². The lowest BCUT2D eigenvalue weighted by molar-refractivity contribution is 0.145. The lowest BCUT2D eigenvalue weighted by Gasteiger charge is -2.37. The Kier molecular flexibility index (Phi) is 3.95. The zero-order valence-corrected chi connectivity index (χ0v) is 10.9. The van der Waals surface area contributed by atoms with Crippen molar-refractivity contribution in [2.75, 3.05) is 19.6 Å². The molecule has 1 saturated heterocycles. The van der Waals surface area contributed by atoms with Crippen LogP contribution in [0.3, 0.4) is 0 Å². The van der Waals surface area contributed by atoms with Crippen molar-refractivity contribution in [3.63, 3.8) is 0 Å². The molecule has 1 N–H and O–H groups in total. The molecule has 1 aliphatic heterocycles. The van der Waals surface area contributed by atoms with E-state index in [0.29, 0.717) is 6.04 Å². The maximum absolute atomic E-state index is 13.2. The van der Waals surface area contributed by atoms with Crippen LogP contribution in [0.2, 0.25) is 0 Å². The van der Waals surface area contributed by atoms with Crippen molar-refractivity contribution < 1.29 is 4.39 Å². The highest BCUT2D eigenvalue weighted by Crippen LogP contribution is 2.18. The minimum Gasteiger partial charge on any atom is -0.314 e. The third kappa shape index (κ3) is 2.81. The van der Waals surface area contributed by atoms with E-state index in [0.717, 1.165) is 36.2 Å². The molecular formula is C12H16BrFN2. The van der Waals surface area contributed by atoms with Gasteiger partial charge in [0.2, 0.25) is 0 Å². The van der Waals surface area contributed by atoms with Gasteiger partial charge in [-0.15, -0.1) is 0 Å². The van der Waals surface area contributed by atoms with Gasteiger partial charge in [-0.25, -0.2) is 4.39 Å². The summed E-state index contributed by atoms with van der Waals surface area (Å²) in [6.45, 7) is 6.06. The standard InChI is InChI=1S/C12H16BrFN2/c1-2-16(12-6-15-7-12)8-9-3-10(13)5-11(14)4-9/h3-5,12,15H,2,6-8H2,1H3. The molecule has 0 unspecified atom stereocenters. The van der Waals surface area contributed by atoms with Gasteiger partial charge in [-0.2, -0.15) is 0 Å². The molecule has 1 aromatic rings. The van der Waals surface area contributed by atoms with Crippen molar-refractivity contribution in [1.29, 1.82) is 0 Å². The van der Waals surface area contributed by atoms with E-state index in [2.05, 4.69) is 33.1 Å². The molecule has 0 spiro atoms. The summed E-state index contributed by atoms with van der Waals surface area (Å²) in [6.07, 6.45) is 0. The van der Waals surface area contributed by atoms with Crippen molar-refractivity contribution >= 4 is 15.9 Å². The number of rotatable bonds is 4. The Morgan fingerprint density at radius 1 is 1.44 bits per heavy atom. The Bertz CT molecular complexity index is 346. The molecule has 1 heterocycles. The summed E-state index contributed by atoms with van der Waals surface area (Å²) in [5.74, 6) is -0.174. The van der Waals surface area contributed by atoms with Crippen molar-refractivity contribution in [3.05, 3.63) is 34.1 Å². The second-order valence-electron chi connectivity index (χ2n) is 4.15. The maximum Gasteiger partial charge on any atom is 0.124 e. The fourth-order valence-corrected chi connectivity index (χ4v) is 2.48. The minimum absolute atomic E-state index is 0.174. The molecule has 2 nitrogen and oxygen atoms in total. The van der Waals surface area contributed by atoms with E-state index < -0.39 is 0 Å². The van der Waals surface area contributed by atoms with Crippen molar-refractivity contribution in [3.8, 4) is 0 Å². The highest BCUT2D eigenvalue weighted by Gasteiger charge is 2.23. The van der Waals surface area contributed by atoms with Gasteiger partial charge in [-0.1, -0.05) is 22.9 Å². The molecule has 1 aliphatic rings. The van der Waals surface area contributed by atoms with E-state index in [-0.39, 0.29) is 5.82 Å². The summed E-state index contributed by atoms with van der Waals surface area (Å²) < 4.78 is 14.0. The highest BCUT2D eigenvalue weighted by atomic mass is 79.9. The van der Waals surface area contributed by atoms with E-state index in [4.69, 9.17) is 0 Å². The van der Waals surface area contributed by atoms with Crippen LogP contribution in [-0.4, -0.2) is 30.6 Å². The molecule has 0 atom stereocenters. The monoisotopic (exact) mass is 286 g/mol. The second kappa shape index (κ2) is 5.25. The average molecular weight is 287 g/mol. The van der Waals surface area contributed by atoms with Crippen molar-refractivity contribution in [2.24, 2.45) is 0 Å². The summed E-state index contributed by atoms with van der Waals surface area (Å²) >= 11 is 3.32. The van der Waals surface area contributed by atoms with Crippen molar-refractivity contribution in [2.45, 2.75) is 19.5 Å². The molecule has 2 rings (SSSR count). The van der Waals surface area contributed by atoms with Crippen LogP contribution in [0, 0.1) is 5.82 Å². The molecule has 16 heavy (non-hydrogen) atoms. The molecule has 1 aromatic carbocycles. The molecule has 0 radical (unpaired) electrons. The Hall–Kier alpha value is -0.450. The predicted molar refractivity (Wildman–Crippen MR) is 66.8 cm³/mol. The summed E-state index contributed by atoms with van der Waals surface area (Å²) in [4.78, 5) is 2.37. The molecule has 0 aromatic heterocycles. The topological polar surface area (TPSA) is 15.3 Å². The largest absolute Gasteiger partial charge is 0.314 e. The molecule has 0 aliphatic carbocycles. The third-order valence-electron chi connectivity index (χ3n) is 2.99. The number of likely N-dealkylation sites (N-methyl/N-ethyl adjacent to an activating group) is 1. The van der Waals surface area contributed by atoms with Gasteiger partial charge in [0, 0.05) is 30.1 Å². The van der Waals surface area contributed by atoms with Crippen LogP contribution in [0.15, 0.2) is 22.7 Å². The van der Waals surface area contributed by atoms with Crippen LogP contribution < -0.4 is 5.32 Å². The van der Waals surface area contributed by atoms with Gasteiger partial charge in [0.15, 0.2) is 0 Å². The Labute approximate surface area is 104 Å². The zero-order chi connectivity index (χ0) is 11.5. The first-order chi connectivity index (χ1) is 7.69. The number of hydrogen-bond donors (Lipinski definition) is 1. The van der Waals surface area contributed by atoms with E-state index in [1.54, 1.807) is 6.07 Å². The number of halogens is 2. The Morgan fingerprint density at radius 3 is 2.69 bits per heavy atom. The van der Waals surface area contributed by atoms with Crippen LogP contribution >= 0.6 is 15.9 Å². The number of nitrogens with zero attached hydrogens (tertiary/aromatic N) is 1. The molecular weight excluding hydrogens is 271 g/mol. The van der Waals surface area contributed by atoms with E-state index in [9.17, 15) is 4.39 Å². The Morgan fingerprint density at radius 2 is 2.19 bits per heavy atom. The van der Waals surface area contributed by atoms with Crippen LogP contribution in [0.1, 0.15) is 12.5 Å². The quantitative estimate of drug-likeness (QED) is 0.914. The van der Waals surface area contributed by atoms with Gasteiger partial charge < -0.3 is 5.32 Å². The van der Waals surface area contributed by atoms with Crippen LogP contribution in [-0.2, 0) is 6.54 Å². The van der Waals surface area contributed by atoms with Crippen LogP contribution in [0.4, 0.5) is 4.39 Å². The summed E-state index contributed by atoms with van der Waals surface area (Å²) in [5.41, 5.74) is 1.03. The van der Waals surface area contributed by atoms with E-state index >= 15 is 0 Å². The van der Waals surface area contributed by atoms with Gasteiger partial charge in [0.1, 0.15) is 5.82 Å². The fourth-order valence-electron chi connectivity index (χ4n) is 1.97. The third-order valence-corrected chi connectivity index (χ3v) is 3.45. The first-order valence-electron chi connectivity index (χ1n) is 5.58. The second-order valence-corrected chi connectivity index (χ2v) is 5.07. The molecule has 1 fully saturated rings. The SMILES string of the molecule is CCN(Cc1cc(F)cc(Br)c1)C1CNC1. The molecule has 0 bridgehead atoms. The van der Waals surface area contributed by atoms with E-state index in [1.165, 1.54) is 6.07 Å². The Balaban J connectivity index is 2.05. The summed E-state index contributed by atoms with van der Waals surface area (Å²) in [7, 11) is 0. The summed E-state index contributed by atoms with van der Waals surface area (Å²) in [5, 5.41) is 3.26. The molecule has 88 valence electrons. The maximum atomic E-state index is 13.2. The molecule has 4 heteroatoms. The molecule has 0 saturated carbocycles. The van der Waals surface area contributed by atoms with Gasteiger partial charge in [0.25, 0.3) is 0 Å². The lowest BCUT2D eigenvalue weighted by atomic mass is 10.1. The first kappa shape index (κ1) is 12.0. The van der Waals surface area contributed by atoms with E-state index in [1.807, 2.05) is 6.07 Å². The smallest absolute Gasteiger partial charge is 0.124 e. The zero-order valence-electron chi connectivity index (χ0n) is 9.34. The fraction of sp³-hybridized carbons (Fsp3) is 0.500. The predicted octanol–water partition coefficient (Wildman–Crippen LogP) is 2.38. The minimum atomic E-state index is -0.174. The van der Waals surface area contributed by atoms with Gasteiger partial charge in [-0.05, 0) is 30.3 Å². The average Bonchev–Trinajstić information content (AvgIpc) is 2.12. The van der Waals surface area contributed by atoms with Gasteiger partial charge >= 0.3 is 0 Å². The number of nitrogens with one attached hydrogen (secondary N) is 1. The van der Waals surface area contributed by atoms with Crippen molar-refractivity contribution in [1.82, 2.24) is 10.2 Å². The first-order valence-corrected chi connectivity index (χ1v) is 6.38. The highest BCUT2D eigenvalue weighted by molar-refractivity contribution is 9.10. The normalized spacial score (nSPS) is 16.5.